The van der Waals surface area contributed by atoms with Gasteiger partial charge in [-0.2, -0.15) is 0 Å². The number of aryl methyl sites for hydroxylation is 2. The first-order valence-electron chi connectivity index (χ1n) is 7.69. The highest BCUT2D eigenvalue weighted by atomic mass is 15.2. The molecule has 0 bridgehead atoms. The maximum atomic E-state index is 6.40. The van der Waals surface area contributed by atoms with Gasteiger partial charge in [-0.05, 0) is 70.6 Å². The van der Waals surface area contributed by atoms with Crippen LogP contribution in [0.2, 0.25) is 0 Å². The van der Waals surface area contributed by atoms with Gasteiger partial charge in [-0.1, -0.05) is 18.2 Å². The van der Waals surface area contributed by atoms with Gasteiger partial charge >= 0.3 is 0 Å². The molecule has 1 aliphatic heterocycles. The topological polar surface area (TPSA) is 32.5 Å². The Balaban J connectivity index is 1.93. The molecule has 2 rings (SSSR count). The first-order valence-corrected chi connectivity index (χ1v) is 7.69. The van der Waals surface area contributed by atoms with E-state index in [-0.39, 0.29) is 6.04 Å². The van der Waals surface area contributed by atoms with Crippen molar-refractivity contribution in [2.24, 2.45) is 5.73 Å². The molecule has 1 aromatic rings. The first kappa shape index (κ1) is 15.5. The van der Waals surface area contributed by atoms with Crippen LogP contribution < -0.4 is 5.73 Å². The van der Waals surface area contributed by atoms with Crippen LogP contribution in [0.3, 0.4) is 0 Å². The van der Waals surface area contributed by atoms with Gasteiger partial charge in [0.25, 0.3) is 0 Å². The maximum absolute atomic E-state index is 6.40. The second-order valence-electron chi connectivity index (χ2n) is 6.42. The highest BCUT2D eigenvalue weighted by molar-refractivity contribution is 5.31. The van der Waals surface area contributed by atoms with Crippen molar-refractivity contribution in [3.8, 4) is 0 Å². The monoisotopic (exact) mass is 275 g/mol. The quantitative estimate of drug-likeness (QED) is 0.915. The average Bonchev–Trinajstić information content (AvgIpc) is 2.42. The molecule has 1 aliphatic rings. The molecule has 0 radical (unpaired) electrons. The van der Waals surface area contributed by atoms with E-state index in [1.165, 1.54) is 42.6 Å². The number of likely N-dealkylation sites (N-methyl/N-ethyl adjacent to an activating group) is 1. The zero-order valence-electron chi connectivity index (χ0n) is 13.4. The zero-order chi connectivity index (χ0) is 14.7. The number of nitrogens with zero attached hydrogens (tertiary/aromatic N) is 2. The fourth-order valence-corrected chi connectivity index (χ4v) is 3.00. The number of hydrogen-bond acceptors (Lipinski definition) is 3. The fourth-order valence-electron chi connectivity index (χ4n) is 3.00. The molecule has 1 fully saturated rings. The predicted molar refractivity (Wildman–Crippen MR) is 86.0 cm³/mol. The van der Waals surface area contributed by atoms with Crippen molar-refractivity contribution in [1.29, 1.82) is 0 Å². The number of rotatable bonds is 4. The minimum atomic E-state index is 0.110. The predicted octanol–water partition coefficient (Wildman–Crippen LogP) is 2.33. The molecule has 0 aromatic heterocycles. The smallest absolute Gasteiger partial charge is 0.0424 e. The maximum Gasteiger partial charge on any atom is 0.0424 e. The van der Waals surface area contributed by atoms with Crippen molar-refractivity contribution >= 4 is 0 Å². The molecule has 1 aromatic carbocycles. The van der Waals surface area contributed by atoms with E-state index in [1.807, 2.05) is 0 Å². The van der Waals surface area contributed by atoms with E-state index in [0.29, 0.717) is 6.04 Å². The van der Waals surface area contributed by atoms with Crippen molar-refractivity contribution in [3.05, 3.63) is 34.9 Å². The highest BCUT2D eigenvalue weighted by Crippen LogP contribution is 2.19. The van der Waals surface area contributed by atoms with Crippen molar-refractivity contribution in [1.82, 2.24) is 9.80 Å². The van der Waals surface area contributed by atoms with Crippen LogP contribution in [0, 0.1) is 13.8 Å². The Labute approximate surface area is 123 Å². The summed E-state index contributed by atoms with van der Waals surface area (Å²) < 4.78 is 0. The Morgan fingerprint density at radius 3 is 2.50 bits per heavy atom. The lowest BCUT2D eigenvalue weighted by atomic mass is 9.99. The lowest BCUT2D eigenvalue weighted by Gasteiger charge is -2.36. The molecule has 3 heteroatoms. The number of likely N-dealkylation sites (tertiary alicyclic amines) is 1. The second kappa shape index (κ2) is 6.70. The number of benzene rings is 1. The summed E-state index contributed by atoms with van der Waals surface area (Å²) in [4.78, 5) is 4.86. The molecule has 112 valence electrons. The van der Waals surface area contributed by atoms with Crippen molar-refractivity contribution < 1.29 is 0 Å². The van der Waals surface area contributed by atoms with Gasteiger partial charge in [0, 0.05) is 18.6 Å². The standard InChI is InChI=1S/C17H29N3/c1-13-5-6-15(11-14(13)2)17(18)12-20(4)16-7-9-19(3)10-8-16/h5-6,11,16-17H,7-10,12,18H2,1-4H3. The molecule has 0 spiro atoms. The van der Waals surface area contributed by atoms with Gasteiger partial charge in [-0.15, -0.1) is 0 Å². The molecule has 1 saturated heterocycles. The molecule has 2 N–H and O–H groups in total. The van der Waals surface area contributed by atoms with E-state index >= 15 is 0 Å². The third kappa shape index (κ3) is 3.81. The Morgan fingerprint density at radius 1 is 1.25 bits per heavy atom. The van der Waals surface area contributed by atoms with Gasteiger partial charge in [0.05, 0.1) is 0 Å². The van der Waals surface area contributed by atoms with Crippen LogP contribution in [0.4, 0.5) is 0 Å². The Hall–Kier alpha value is -0.900. The fraction of sp³-hybridized carbons (Fsp3) is 0.647. The largest absolute Gasteiger partial charge is 0.323 e. The van der Waals surface area contributed by atoms with Gasteiger partial charge in [0.1, 0.15) is 0 Å². The Bertz CT molecular complexity index is 436. The summed E-state index contributed by atoms with van der Waals surface area (Å²) in [5.41, 5.74) is 10.3. The van der Waals surface area contributed by atoms with Crippen LogP contribution in [0.15, 0.2) is 18.2 Å². The average molecular weight is 275 g/mol. The van der Waals surface area contributed by atoms with Crippen molar-refractivity contribution in [3.63, 3.8) is 0 Å². The van der Waals surface area contributed by atoms with Crippen LogP contribution in [0.25, 0.3) is 0 Å². The molecule has 0 saturated carbocycles. The molecule has 1 heterocycles. The van der Waals surface area contributed by atoms with Gasteiger partial charge in [-0.25, -0.2) is 0 Å². The molecular weight excluding hydrogens is 246 g/mol. The first-order chi connectivity index (χ1) is 9.47. The van der Waals surface area contributed by atoms with Crippen molar-refractivity contribution in [2.75, 3.05) is 33.7 Å². The van der Waals surface area contributed by atoms with E-state index in [2.05, 4.69) is 55.9 Å². The third-order valence-corrected chi connectivity index (χ3v) is 4.76. The van der Waals surface area contributed by atoms with E-state index < -0.39 is 0 Å². The normalized spacial score (nSPS) is 19.5. The second-order valence-corrected chi connectivity index (χ2v) is 6.42. The Morgan fingerprint density at radius 2 is 1.90 bits per heavy atom. The molecule has 0 aliphatic carbocycles. The summed E-state index contributed by atoms with van der Waals surface area (Å²) in [7, 11) is 4.42. The molecule has 3 nitrogen and oxygen atoms in total. The summed E-state index contributed by atoms with van der Waals surface area (Å²) in [5, 5.41) is 0. The zero-order valence-corrected chi connectivity index (χ0v) is 13.4. The van der Waals surface area contributed by atoms with Crippen LogP contribution in [0.1, 0.15) is 35.6 Å². The van der Waals surface area contributed by atoms with Gasteiger partial charge in [0.2, 0.25) is 0 Å². The SMILES string of the molecule is Cc1ccc(C(N)CN(C)C2CCN(C)CC2)cc1C. The van der Waals surface area contributed by atoms with Gasteiger partial charge in [-0.3, -0.25) is 0 Å². The summed E-state index contributed by atoms with van der Waals surface area (Å²) in [6.07, 6.45) is 2.51. The van der Waals surface area contributed by atoms with Crippen LogP contribution in [-0.4, -0.2) is 49.6 Å². The lowest BCUT2D eigenvalue weighted by Crippen LogP contribution is -2.44. The summed E-state index contributed by atoms with van der Waals surface area (Å²) >= 11 is 0. The molecule has 1 unspecified atom stereocenters. The number of nitrogens with two attached hydrogens (primary N) is 1. The number of piperidine rings is 1. The minimum Gasteiger partial charge on any atom is -0.323 e. The van der Waals surface area contributed by atoms with Crippen LogP contribution in [0.5, 0.6) is 0 Å². The molecular formula is C17H29N3. The molecule has 0 amide bonds. The van der Waals surface area contributed by atoms with E-state index in [9.17, 15) is 0 Å². The number of hydrogen-bond donors (Lipinski definition) is 1. The van der Waals surface area contributed by atoms with Crippen LogP contribution in [-0.2, 0) is 0 Å². The van der Waals surface area contributed by atoms with Gasteiger partial charge in [0.15, 0.2) is 0 Å². The van der Waals surface area contributed by atoms with E-state index in [4.69, 9.17) is 5.73 Å². The summed E-state index contributed by atoms with van der Waals surface area (Å²) in [5.74, 6) is 0. The highest BCUT2D eigenvalue weighted by Gasteiger charge is 2.22. The van der Waals surface area contributed by atoms with E-state index in [0.717, 1.165) is 6.54 Å². The van der Waals surface area contributed by atoms with E-state index in [1.54, 1.807) is 0 Å². The Kier molecular flexibility index (Phi) is 5.19. The third-order valence-electron chi connectivity index (χ3n) is 4.76. The summed E-state index contributed by atoms with van der Waals surface area (Å²) in [6, 6.07) is 7.39. The van der Waals surface area contributed by atoms with Gasteiger partial charge < -0.3 is 15.5 Å². The minimum absolute atomic E-state index is 0.110. The molecule has 1 atom stereocenters. The van der Waals surface area contributed by atoms with Crippen LogP contribution >= 0.6 is 0 Å². The lowest BCUT2D eigenvalue weighted by molar-refractivity contribution is 0.139. The van der Waals surface area contributed by atoms with Crippen molar-refractivity contribution in [2.45, 2.75) is 38.8 Å². The summed E-state index contributed by atoms with van der Waals surface area (Å²) in [6.45, 7) is 7.65. The molecule has 20 heavy (non-hydrogen) atoms.